The minimum atomic E-state index is -4.34. The third-order valence-electron chi connectivity index (χ3n) is 4.19. The number of aliphatic hydroxyl groups is 1. The second-order valence-electron chi connectivity index (χ2n) is 6.27. The molecule has 8 heteroatoms. The number of aliphatic hydroxyl groups excluding tert-OH is 1. The van der Waals surface area contributed by atoms with Crippen LogP contribution in [0.4, 0.5) is 13.2 Å². The molecule has 0 fully saturated rings. The van der Waals surface area contributed by atoms with Crippen molar-refractivity contribution in [1.29, 1.82) is 0 Å². The molecule has 0 amide bonds. The molecule has 0 saturated heterocycles. The SMILES string of the molecule is CCON=C(C)C1=C(O)CC(CCSc2ccc(C(F)(F)F)cc2)CC1=O. The Hall–Kier alpha value is -1.96. The molecule has 1 aromatic rings. The van der Waals surface area contributed by atoms with Gasteiger partial charge in [-0.3, -0.25) is 4.79 Å². The zero-order chi connectivity index (χ0) is 20.0. The van der Waals surface area contributed by atoms with Crippen LogP contribution in [0.25, 0.3) is 0 Å². The Morgan fingerprint density at radius 2 is 1.96 bits per heavy atom. The number of Topliss-reactive ketones (excluding diaryl/α,β-unsaturated/α-hetero) is 1. The van der Waals surface area contributed by atoms with Crippen LogP contribution in [0.15, 0.2) is 45.6 Å². The van der Waals surface area contributed by atoms with Crippen molar-refractivity contribution in [2.24, 2.45) is 11.1 Å². The molecule has 0 heterocycles. The summed E-state index contributed by atoms with van der Waals surface area (Å²) in [5.41, 5.74) is -0.0663. The average Bonchev–Trinajstić information content (AvgIpc) is 2.59. The number of oxime groups is 1. The van der Waals surface area contributed by atoms with Crippen LogP contribution in [-0.2, 0) is 15.8 Å². The maximum absolute atomic E-state index is 12.6. The highest BCUT2D eigenvalue weighted by atomic mass is 32.2. The third kappa shape index (κ3) is 6.02. The fourth-order valence-electron chi connectivity index (χ4n) is 2.88. The first-order chi connectivity index (χ1) is 12.7. The number of alkyl halides is 3. The van der Waals surface area contributed by atoms with Gasteiger partial charge in [0.1, 0.15) is 12.4 Å². The van der Waals surface area contributed by atoms with Crippen LogP contribution in [0.2, 0.25) is 0 Å². The topological polar surface area (TPSA) is 58.9 Å². The van der Waals surface area contributed by atoms with Crippen molar-refractivity contribution in [2.75, 3.05) is 12.4 Å². The molecule has 27 heavy (non-hydrogen) atoms. The van der Waals surface area contributed by atoms with Gasteiger partial charge in [-0.2, -0.15) is 13.2 Å². The van der Waals surface area contributed by atoms with E-state index in [0.29, 0.717) is 37.3 Å². The fourth-order valence-corrected chi connectivity index (χ4v) is 3.89. The van der Waals surface area contributed by atoms with Crippen LogP contribution in [0.1, 0.15) is 38.7 Å². The maximum atomic E-state index is 12.6. The Balaban J connectivity index is 1.89. The third-order valence-corrected chi connectivity index (χ3v) is 5.24. The highest BCUT2D eigenvalue weighted by Gasteiger charge is 2.30. The number of carbonyl (C=O) groups excluding carboxylic acids is 1. The van der Waals surface area contributed by atoms with Crippen LogP contribution in [0, 0.1) is 5.92 Å². The standard InChI is InChI=1S/C19H22F3NO3S/c1-3-26-23-12(2)18-16(24)10-13(11-17(18)25)8-9-27-15-6-4-14(5-7-15)19(20,21)22/h4-7,13,24H,3,8-11H2,1-2H3. The Labute approximate surface area is 160 Å². The molecule has 1 aromatic carbocycles. The molecule has 1 aliphatic rings. The van der Waals surface area contributed by atoms with Crippen molar-refractivity contribution >= 4 is 23.3 Å². The summed E-state index contributed by atoms with van der Waals surface area (Å²) in [5, 5.41) is 14.0. The van der Waals surface area contributed by atoms with Gasteiger partial charge < -0.3 is 9.94 Å². The van der Waals surface area contributed by atoms with Gasteiger partial charge in [-0.05, 0) is 56.2 Å². The molecule has 0 radical (unpaired) electrons. The van der Waals surface area contributed by atoms with E-state index in [2.05, 4.69) is 5.16 Å². The highest BCUT2D eigenvalue weighted by molar-refractivity contribution is 7.99. The predicted octanol–water partition coefficient (Wildman–Crippen LogP) is 5.39. The molecule has 148 valence electrons. The number of allylic oxidation sites excluding steroid dienone is 2. The summed E-state index contributed by atoms with van der Waals surface area (Å²) in [6.07, 6.45) is -2.97. The smallest absolute Gasteiger partial charge is 0.416 e. The largest absolute Gasteiger partial charge is 0.511 e. The molecule has 4 nitrogen and oxygen atoms in total. The summed E-state index contributed by atoms with van der Waals surface area (Å²) in [6.45, 7) is 3.78. The van der Waals surface area contributed by atoms with E-state index in [-0.39, 0.29) is 23.0 Å². The number of halogens is 3. The van der Waals surface area contributed by atoms with Crippen molar-refractivity contribution in [3.8, 4) is 0 Å². The first-order valence-corrected chi connectivity index (χ1v) is 9.63. The van der Waals surface area contributed by atoms with E-state index in [0.717, 1.165) is 17.0 Å². The average molecular weight is 401 g/mol. The number of nitrogens with zero attached hydrogens (tertiary/aromatic N) is 1. The number of rotatable bonds is 7. The van der Waals surface area contributed by atoms with E-state index in [9.17, 15) is 23.1 Å². The van der Waals surface area contributed by atoms with Crippen molar-refractivity contribution < 1.29 is 27.9 Å². The Morgan fingerprint density at radius 1 is 1.30 bits per heavy atom. The molecular formula is C19H22F3NO3S. The van der Waals surface area contributed by atoms with Crippen molar-refractivity contribution in [3.05, 3.63) is 41.2 Å². The number of benzene rings is 1. The second kappa shape index (κ2) is 9.30. The molecular weight excluding hydrogens is 379 g/mol. The molecule has 1 aliphatic carbocycles. The Kier molecular flexibility index (Phi) is 7.35. The van der Waals surface area contributed by atoms with E-state index >= 15 is 0 Å². The lowest BCUT2D eigenvalue weighted by atomic mass is 9.84. The minimum absolute atomic E-state index is 0.00286. The summed E-state index contributed by atoms with van der Waals surface area (Å²) in [7, 11) is 0. The van der Waals surface area contributed by atoms with E-state index in [1.165, 1.54) is 23.9 Å². The number of carbonyl (C=O) groups is 1. The van der Waals surface area contributed by atoms with Crippen molar-refractivity contribution in [1.82, 2.24) is 0 Å². The van der Waals surface area contributed by atoms with Crippen LogP contribution < -0.4 is 0 Å². The summed E-state index contributed by atoms with van der Waals surface area (Å²) in [6, 6.07) is 5.02. The molecule has 1 N–H and O–H groups in total. The lowest BCUT2D eigenvalue weighted by Crippen LogP contribution is -2.24. The zero-order valence-corrected chi connectivity index (χ0v) is 16.0. The van der Waals surface area contributed by atoms with Gasteiger partial charge in [-0.1, -0.05) is 5.16 Å². The summed E-state index contributed by atoms with van der Waals surface area (Å²) < 4.78 is 37.7. The molecule has 0 bridgehead atoms. The number of hydrogen-bond donors (Lipinski definition) is 1. The van der Waals surface area contributed by atoms with E-state index < -0.39 is 11.7 Å². The van der Waals surface area contributed by atoms with Gasteiger partial charge in [0.05, 0.1) is 16.8 Å². The van der Waals surface area contributed by atoms with Crippen molar-refractivity contribution in [3.63, 3.8) is 0 Å². The van der Waals surface area contributed by atoms with Crippen LogP contribution >= 0.6 is 11.8 Å². The maximum Gasteiger partial charge on any atom is 0.416 e. The number of thioether (sulfide) groups is 1. The normalized spacial score (nSPS) is 18.8. The van der Waals surface area contributed by atoms with Crippen LogP contribution in [0.5, 0.6) is 0 Å². The molecule has 0 spiro atoms. The number of hydrogen-bond acceptors (Lipinski definition) is 5. The van der Waals surface area contributed by atoms with Gasteiger partial charge in [0.25, 0.3) is 0 Å². The number of ketones is 1. The van der Waals surface area contributed by atoms with Gasteiger partial charge in [0.15, 0.2) is 5.78 Å². The summed E-state index contributed by atoms with van der Waals surface area (Å²) >= 11 is 1.43. The quantitative estimate of drug-likeness (QED) is 0.378. The molecule has 0 aliphatic heterocycles. The summed E-state index contributed by atoms with van der Waals surface area (Å²) in [4.78, 5) is 18.0. The van der Waals surface area contributed by atoms with Gasteiger partial charge in [0, 0.05) is 17.7 Å². The highest BCUT2D eigenvalue weighted by Crippen LogP contribution is 2.33. The second-order valence-corrected chi connectivity index (χ2v) is 7.44. The minimum Gasteiger partial charge on any atom is -0.511 e. The van der Waals surface area contributed by atoms with Crippen molar-refractivity contribution in [2.45, 2.75) is 44.2 Å². The monoisotopic (exact) mass is 401 g/mol. The van der Waals surface area contributed by atoms with Crippen LogP contribution in [0.3, 0.4) is 0 Å². The van der Waals surface area contributed by atoms with E-state index in [1.807, 2.05) is 0 Å². The molecule has 0 aromatic heterocycles. The lowest BCUT2D eigenvalue weighted by Gasteiger charge is -2.23. The molecule has 1 atom stereocenters. The lowest BCUT2D eigenvalue weighted by molar-refractivity contribution is -0.137. The molecule has 0 saturated carbocycles. The molecule has 1 unspecified atom stereocenters. The van der Waals surface area contributed by atoms with E-state index in [1.54, 1.807) is 13.8 Å². The van der Waals surface area contributed by atoms with Gasteiger partial charge >= 0.3 is 6.18 Å². The Morgan fingerprint density at radius 3 is 2.52 bits per heavy atom. The summed E-state index contributed by atoms with van der Waals surface area (Å²) in [5.74, 6) is 0.516. The Bertz CT molecular complexity index is 727. The van der Waals surface area contributed by atoms with Gasteiger partial charge in [0.2, 0.25) is 0 Å². The van der Waals surface area contributed by atoms with Gasteiger partial charge in [-0.25, -0.2) is 0 Å². The predicted molar refractivity (Wildman–Crippen MR) is 98.9 cm³/mol. The fraction of sp³-hybridized carbons (Fsp3) is 0.474. The first kappa shape index (κ1) is 21.3. The van der Waals surface area contributed by atoms with Gasteiger partial charge in [-0.15, -0.1) is 11.8 Å². The zero-order valence-electron chi connectivity index (χ0n) is 15.2. The molecule has 2 rings (SSSR count). The first-order valence-electron chi connectivity index (χ1n) is 8.64. The van der Waals surface area contributed by atoms with Crippen LogP contribution in [-0.4, -0.2) is 29.0 Å². The van der Waals surface area contributed by atoms with E-state index in [4.69, 9.17) is 4.84 Å².